The van der Waals surface area contributed by atoms with Crippen molar-refractivity contribution in [2.75, 3.05) is 11.4 Å². The third-order valence-electron chi connectivity index (χ3n) is 2.61. The number of aromatic nitrogens is 2. The molecule has 1 aromatic heterocycles. The van der Waals surface area contributed by atoms with E-state index in [-0.39, 0.29) is 10.0 Å². The first kappa shape index (κ1) is 13.5. The Morgan fingerprint density at radius 2 is 2.16 bits per heavy atom. The summed E-state index contributed by atoms with van der Waals surface area (Å²) in [6.45, 7) is 0. The highest BCUT2D eigenvalue weighted by Gasteiger charge is 2.22. The summed E-state index contributed by atoms with van der Waals surface area (Å²) in [6, 6.07) is 8.10. The molecule has 0 aliphatic heterocycles. The van der Waals surface area contributed by atoms with Gasteiger partial charge in [0.2, 0.25) is 0 Å². The summed E-state index contributed by atoms with van der Waals surface area (Å²) in [5.41, 5.74) is 6.62. The first-order valence-corrected chi connectivity index (χ1v) is 7.16. The van der Waals surface area contributed by atoms with E-state index in [1.54, 1.807) is 24.3 Å². The van der Waals surface area contributed by atoms with Gasteiger partial charge in [-0.1, -0.05) is 24.4 Å². The highest BCUT2D eigenvalue weighted by Crippen LogP contribution is 2.21. The van der Waals surface area contributed by atoms with Crippen LogP contribution in [0.4, 0.5) is 5.69 Å². The SMILES string of the molecule is CN(c1cccc(C(N)=S)c1)S(=O)(=O)c1ccn[nH]1. The number of thiocarbonyl (C=S) groups is 1. The van der Waals surface area contributed by atoms with Gasteiger partial charge < -0.3 is 5.73 Å². The molecule has 19 heavy (non-hydrogen) atoms. The lowest BCUT2D eigenvalue weighted by Gasteiger charge is -2.18. The van der Waals surface area contributed by atoms with Crippen molar-refractivity contribution in [3.05, 3.63) is 42.1 Å². The molecule has 6 nitrogen and oxygen atoms in total. The lowest BCUT2D eigenvalue weighted by Crippen LogP contribution is -2.27. The van der Waals surface area contributed by atoms with Crippen molar-refractivity contribution >= 4 is 32.9 Å². The van der Waals surface area contributed by atoms with Gasteiger partial charge in [-0.25, -0.2) is 0 Å². The Bertz CT molecular complexity index is 695. The predicted molar refractivity (Wildman–Crippen MR) is 76.5 cm³/mol. The lowest BCUT2D eigenvalue weighted by atomic mass is 10.2. The molecule has 3 N–H and O–H groups in total. The molecule has 0 saturated heterocycles. The number of rotatable bonds is 4. The molecule has 8 heteroatoms. The second-order valence-corrected chi connectivity index (χ2v) is 6.19. The van der Waals surface area contributed by atoms with Gasteiger partial charge in [0.05, 0.1) is 11.9 Å². The Morgan fingerprint density at radius 1 is 1.42 bits per heavy atom. The first-order chi connectivity index (χ1) is 8.93. The summed E-state index contributed by atoms with van der Waals surface area (Å²) >= 11 is 4.87. The summed E-state index contributed by atoms with van der Waals surface area (Å²) in [6.07, 6.45) is 1.38. The normalized spacial score (nSPS) is 11.2. The zero-order chi connectivity index (χ0) is 14.0. The number of nitrogens with two attached hydrogens (primary N) is 1. The summed E-state index contributed by atoms with van der Waals surface area (Å²) in [5.74, 6) is 0. The highest BCUT2D eigenvalue weighted by molar-refractivity contribution is 7.92. The number of hydrogen-bond donors (Lipinski definition) is 2. The Hall–Kier alpha value is -1.93. The minimum atomic E-state index is -3.66. The molecule has 0 aliphatic rings. The summed E-state index contributed by atoms with van der Waals surface area (Å²) in [4.78, 5) is 0.217. The van der Waals surface area contributed by atoms with E-state index < -0.39 is 10.0 Å². The second kappa shape index (κ2) is 4.98. The fraction of sp³-hybridized carbons (Fsp3) is 0.0909. The van der Waals surface area contributed by atoms with Crippen LogP contribution >= 0.6 is 12.2 Å². The van der Waals surface area contributed by atoms with Crippen LogP contribution in [0.3, 0.4) is 0 Å². The number of benzene rings is 1. The van der Waals surface area contributed by atoms with Gasteiger partial charge in [-0.3, -0.25) is 9.40 Å². The maximum Gasteiger partial charge on any atom is 0.281 e. The van der Waals surface area contributed by atoms with E-state index >= 15 is 0 Å². The predicted octanol–water partition coefficient (Wildman–Crippen LogP) is 0.869. The smallest absolute Gasteiger partial charge is 0.281 e. The van der Waals surface area contributed by atoms with Crippen LogP contribution < -0.4 is 10.0 Å². The topological polar surface area (TPSA) is 92.1 Å². The largest absolute Gasteiger partial charge is 0.389 e. The van der Waals surface area contributed by atoms with Crippen molar-refractivity contribution < 1.29 is 8.42 Å². The number of aromatic amines is 1. The average Bonchev–Trinajstić information content (AvgIpc) is 2.92. The molecular weight excluding hydrogens is 284 g/mol. The molecule has 0 atom stereocenters. The van der Waals surface area contributed by atoms with Crippen LogP contribution in [0.25, 0.3) is 0 Å². The van der Waals surface area contributed by atoms with Crippen LogP contribution in [0.2, 0.25) is 0 Å². The molecule has 0 saturated carbocycles. The van der Waals surface area contributed by atoms with Gasteiger partial charge >= 0.3 is 0 Å². The first-order valence-electron chi connectivity index (χ1n) is 5.31. The fourth-order valence-corrected chi connectivity index (χ4v) is 2.74. The molecule has 0 radical (unpaired) electrons. The molecular formula is C11H12N4O2S2. The highest BCUT2D eigenvalue weighted by atomic mass is 32.2. The van der Waals surface area contributed by atoms with Crippen LogP contribution in [0, 0.1) is 0 Å². The number of sulfonamides is 1. The van der Waals surface area contributed by atoms with Gasteiger partial charge in [0.25, 0.3) is 10.0 Å². The van der Waals surface area contributed by atoms with Crippen LogP contribution in [0.5, 0.6) is 0 Å². The van der Waals surface area contributed by atoms with Crippen LogP contribution in [0.1, 0.15) is 5.56 Å². The van der Waals surface area contributed by atoms with Crippen LogP contribution in [0.15, 0.2) is 41.6 Å². The minimum absolute atomic E-state index is 0.0238. The van der Waals surface area contributed by atoms with E-state index in [4.69, 9.17) is 18.0 Å². The van der Waals surface area contributed by atoms with Crippen molar-refractivity contribution in [2.45, 2.75) is 5.03 Å². The van der Waals surface area contributed by atoms with Gasteiger partial charge in [0.1, 0.15) is 4.99 Å². The summed E-state index contributed by atoms with van der Waals surface area (Å²) in [5, 5.41) is 6.10. The van der Waals surface area contributed by atoms with Gasteiger partial charge in [0, 0.05) is 12.6 Å². The van der Waals surface area contributed by atoms with E-state index in [0.29, 0.717) is 11.3 Å². The molecule has 1 heterocycles. The van der Waals surface area contributed by atoms with Crippen molar-refractivity contribution in [1.82, 2.24) is 10.2 Å². The fourth-order valence-electron chi connectivity index (χ4n) is 1.53. The Labute approximate surface area is 116 Å². The third-order valence-corrected chi connectivity index (χ3v) is 4.56. The quantitative estimate of drug-likeness (QED) is 0.817. The van der Waals surface area contributed by atoms with Crippen LogP contribution in [-0.2, 0) is 10.0 Å². The van der Waals surface area contributed by atoms with E-state index in [9.17, 15) is 8.42 Å². The van der Waals surface area contributed by atoms with Crippen molar-refractivity contribution in [3.8, 4) is 0 Å². The Balaban J connectivity index is 2.42. The number of H-pyrrole nitrogens is 1. The monoisotopic (exact) mass is 296 g/mol. The van der Waals surface area contributed by atoms with E-state index in [1.807, 2.05) is 0 Å². The summed E-state index contributed by atoms with van der Waals surface area (Å²) < 4.78 is 25.7. The maximum atomic E-state index is 12.3. The molecule has 0 unspecified atom stereocenters. The minimum Gasteiger partial charge on any atom is -0.389 e. The third kappa shape index (κ3) is 2.59. The van der Waals surface area contributed by atoms with Gasteiger partial charge in [-0.05, 0) is 18.2 Å². The van der Waals surface area contributed by atoms with Gasteiger partial charge in [0.15, 0.2) is 5.03 Å². The van der Waals surface area contributed by atoms with E-state index in [1.165, 1.54) is 19.3 Å². The van der Waals surface area contributed by atoms with Crippen molar-refractivity contribution in [1.29, 1.82) is 0 Å². The number of anilines is 1. The molecule has 0 amide bonds. The number of nitrogens with one attached hydrogen (secondary N) is 1. The van der Waals surface area contributed by atoms with Gasteiger partial charge in [-0.2, -0.15) is 13.5 Å². The zero-order valence-electron chi connectivity index (χ0n) is 10.1. The molecule has 0 fully saturated rings. The molecule has 0 aliphatic carbocycles. The maximum absolute atomic E-state index is 12.3. The number of nitrogens with zero attached hydrogens (tertiary/aromatic N) is 2. The van der Waals surface area contributed by atoms with E-state index in [0.717, 1.165) is 4.31 Å². The molecule has 2 aromatic rings. The molecule has 0 spiro atoms. The molecule has 0 bridgehead atoms. The Morgan fingerprint density at radius 3 is 2.74 bits per heavy atom. The van der Waals surface area contributed by atoms with Crippen molar-refractivity contribution in [2.24, 2.45) is 5.73 Å². The standard InChI is InChI=1S/C11H12N4O2S2/c1-15(19(16,17)10-5-6-13-14-10)9-4-2-3-8(7-9)11(12)18/h2-7H,1H3,(H2,12,18)(H,13,14). The lowest BCUT2D eigenvalue weighted by molar-refractivity contribution is 0.590. The Kier molecular flexibility index (Phi) is 3.54. The van der Waals surface area contributed by atoms with Crippen LogP contribution in [-0.4, -0.2) is 30.7 Å². The molecule has 1 aromatic carbocycles. The molecule has 2 rings (SSSR count). The van der Waals surface area contributed by atoms with Gasteiger partial charge in [-0.15, -0.1) is 0 Å². The second-order valence-electron chi connectivity index (χ2n) is 3.81. The average molecular weight is 296 g/mol. The molecule has 100 valence electrons. The van der Waals surface area contributed by atoms with Crippen molar-refractivity contribution in [3.63, 3.8) is 0 Å². The number of hydrogen-bond acceptors (Lipinski definition) is 4. The van der Waals surface area contributed by atoms with E-state index in [2.05, 4.69) is 10.2 Å². The summed E-state index contributed by atoms with van der Waals surface area (Å²) in [7, 11) is -2.21. The zero-order valence-corrected chi connectivity index (χ0v) is 11.7.